The van der Waals surface area contributed by atoms with Gasteiger partial charge < -0.3 is 20.0 Å². The number of piperidine rings is 1. The lowest BCUT2D eigenvalue weighted by Crippen LogP contribution is -2.47. The minimum Gasteiger partial charge on any atom is -0.455 e. The smallest absolute Gasteiger partial charge is 0.321 e. The van der Waals surface area contributed by atoms with E-state index >= 15 is 0 Å². The second-order valence-electron chi connectivity index (χ2n) is 7.78. The molecule has 0 unspecified atom stereocenters. The van der Waals surface area contributed by atoms with Crippen molar-refractivity contribution < 1.29 is 14.0 Å². The van der Waals surface area contributed by atoms with Crippen LogP contribution in [0.2, 0.25) is 0 Å². The zero-order valence-corrected chi connectivity index (χ0v) is 16.6. The van der Waals surface area contributed by atoms with E-state index in [1.165, 1.54) is 12.8 Å². The van der Waals surface area contributed by atoms with Crippen molar-refractivity contribution in [1.29, 1.82) is 0 Å². The van der Waals surface area contributed by atoms with Crippen LogP contribution in [0.25, 0.3) is 0 Å². The molecule has 1 aromatic carbocycles. The molecule has 1 aromatic heterocycles. The largest absolute Gasteiger partial charge is 0.455 e. The second-order valence-corrected chi connectivity index (χ2v) is 7.78. The molecular weight excluding hydrogens is 368 g/mol. The van der Waals surface area contributed by atoms with Crippen LogP contribution in [0.15, 0.2) is 46.9 Å². The number of nitrogens with one attached hydrogen (secondary N) is 2. The van der Waals surface area contributed by atoms with Crippen LogP contribution >= 0.6 is 0 Å². The van der Waals surface area contributed by atoms with E-state index in [0.717, 1.165) is 43.9 Å². The SMILES string of the molecule is O=C(NC1CCN(C(=O)Nc2ccccc2)CC1)c1ccc(CN2CCCC2)o1. The lowest BCUT2D eigenvalue weighted by molar-refractivity contribution is 0.0887. The van der Waals surface area contributed by atoms with Crippen LogP contribution in [-0.4, -0.2) is 54.0 Å². The second kappa shape index (κ2) is 9.13. The molecule has 2 aromatic rings. The van der Waals surface area contributed by atoms with Crippen molar-refractivity contribution in [2.45, 2.75) is 38.3 Å². The number of hydrogen-bond acceptors (Lipinski definition) is 4. The van der Waals surface area contributed by atoms with Crippen LogP contribution in [-0.2, 0) is 6.54 Å². The van der Waals surface area contributed by atoms with Gasteiger partial charge in [-0.25, -0.2) is 4.79 Å². The highest BCUT2D eigenvalue weighted by atomic mass is 16.4. The van der Waals surface area contributed by atoms with Gasteiger partial charge in [0.2, 0.25) is 0 Å². The van der Waals surface area contributed by atoms with E-state index in [1.807, 2.05) is 36.4 Å². The standard InChI is InChI=1S/C22H28N4O3/c27-21(20-9-8-19(29-20)16-25-12-4-5-13-25)23-18-10-14-26(15-11-18)22(28)24-17-6-2-1-3-7-17/h1-3,6-9,18H,4-5,10-16H2,(H,23,27)(H,24,28). The summed E-state index contributed by atoms with van der Waals surface area (Å²) in [5.74, 6) is 1.03. The van der Waals surface area contributed by atoms with Gasteiger partial charge in [0.15, 0.2) is 5.76 Å². The summed E-state index contributed by atoms with van der Waals surface area (Å²) in [6.45, 7) is 4.18. The minimum absolute atomic E-state index is 0.0513. The zero-order chi connectivity index (χ0) is 20.1. The first-order valence-electron chi connectivity index (χ1n) is 10.4. The van der Waals surface area contributed by atoms with Gasteiger partial charge >= 0.3 is 6.03 Å². The van der Waals surface area contributed by atoms with E-state index < -0.39 is 0 Å². The molecule has 29 heavy (non-hydrogen) atoms. The van der Waals surface area contributed by atoms with E-state index in [-0.39, 0.29) is 18.0 Å². The maximum Gasteiger partial charge on any atom is 0.321 e. The lowest BCUT2D eigenvalue weighted by atomic mass is 10.1. The van der Waals surface area contributed by atoms with E-state index in [4.69, 9.17) is 4.42 Å². The monoisotopic (exact) mass is 396 g/mol. The third-order valence-electron chi connectivity index (χ3n) is 5.61. The van der Waals surface area contributed by atoms with Gasteiger partial charge in [-0.3, -0.25) is 9.69 Å². The molecule has 2 aliphatic rings. The quantitative estimate of drug-likeness (QED) is 0.813. The zero-order valence-electron chi connectivity index (χ0n) is 16.6. The van der Waals surface area contributed by atoms with Crippen LogP contribution in [0.5, 0.6) is 0 Å². The Kier molecular flexibility index (Phi) is 6.14. The van der Waals surface area contributed by atoms with Crippen molar-refractivity contribution in [3.05, 3.63) is 54.0 Å². The van der Waals surface area contributed by atoms with Gasteiger partial charge in [-0.2, -0.15) is 0 Å². The fourth-order valence-corrected chi connectivity index (χ4v) is 3.95. The van der Waals surface area contributed by atoms with Gasteiger partial charge in [0, 0.05) is 24.8 Å². The molecule has 2 fully saturated rings. The molecule has 2 saturated heterocycles. The van der Waals surface area contributed by atoms with E-state index in [0.29, 0.717) is 18.8 Å². The Morgan fingerprint density at radius 2 is 1.69 bits per heavy atom. The average Bonchev–Trinajstić information content (AvgIpc) is 3.42. The summed E-state index contributed by atoms with van der Waals surface area (Å²) in [6, 6.07) is 13.0. The molecule has 2 aliphatic heterocycles. The highest BCUT2D eigenvalue weighted by molar-refractivity contribution is 5.92. The van der Waals surface area contributed by atoms with Crippen molar-refractivity contribution in [3.8, 4) is 0 Å². The van der Waals surface area contributed by atoms with Crippen molar-refractivity contribution in [2.24, 2.45) is 0 Å². The summed E-state index contributed by atoms with van der Waals surface area (Å²) in [7, 11) is 0. The molecule has 4 rings (SSSR count). The summed E-state index contributed by atoms with van der Waals surface area (Å²) in [5.41, 5.74) is 0.787. The van der Waals surface area contributed by atoms with Gasteiger partial charge in [-0.05, 0) is 63.0 Å². The Bertz CT molecular complexity index is 822. The Morgan fingerprint density at radius 3 is 2.41 bits per heavy atom. The predicted octanol–water partition coefficient (Wildman–Crippen LogP) is 3.30. The molecular formula is C22H28N4O3. The van der Waals surface area contributed by atoms with Gasteiger partial charge in [0.05, 0.1) is 6.54 Å². The van der Waals surface area contributed by atoms with Crippen molar-refractivity contribution >= 4 is 17.6 Å². The molecule has 7 nitrogen and oxygen atoms in total. The first-order chi connectivity index (χ1) is 14.2. The first kappa shape index (κ1) is 19.5. The van der Waals surface area contributed by atoms with E-state index in [2.05, 4.69) is 15.5 Å². The number of furan rings is 1. The van der Waals surface area contributed by atoms with Gasteiger partial charge in [-0.15, -0.1) is 0 Å². The molecule has 0 saturated carbocycles. The maximum absolute atomic E-state index is 12.5. The highest BCUT2D eigenvalue weighted by Gasteiger charge is 2.25. The topological polar surface area (TPSA) is 77.8 Å². The molecule has 0 radical (unpaired) electrons. The van der Waals surface area contributed by atoms with Gasteiger partial charge in [-0.1, -0.05) is 18.2 Å². The van der Waals surface area contributed by atoms with Gasteiger partial charge in [0.25, 0.3) is 5.91 Å². The van der Waals surface area contributed by atoms with Crippen LogP contribution in [0.3, 0.4) is 0 Å². The van der Waals surface area contributed by atoms with Crippen LogP contribution in [0.4, 0.5) is 10.5 Å². The average molecular weight is 396 g/mol. The Hall–Kier alpha value is -2.80. The lowest BCUT2D eigenvalue weighted by Gasteiger charge is -2.32. The molecule has 154 valence electrons. The number of benzene rings is 1. The molecule has 0 atom stereocenters. The number of urea groups is 1. The van der Waals surface area contributed by atoms with E-state index in [9.17, 15) is 9.59 Å². The molecule has 7 heteroatoms. The van der Waals surface area contributed by atoms with Crippen LogP contribution in [0.1, 0.15) is 42.0 Å². The summed E-state index contributed by atoms with van der Waals surface area (Å²) in [6.07, 6.45) is 3.93. The van der Waals surface area contributed by atoms with Crippen molar-refractivity contribution in [2.75, 3.05) is 31.5 Å². The Labute approximate surface area is 171 Å². The van der Waals surface area contributed by atoms with Crippen molar-refractivity contribution in [1.82, 2.24) is 15.1 Å². The normalized spacial score (nSPS) is 18.0. The molecule has 3 amide bonds. The predicted molar refractivity (Wildman–Crippen MR) is 111 cm³/mol. The summed E-state index contributed by atoms with van der Waals surface area (Å²) >= 11 is 0. The fraction of sp³-hybridized carbons (Fsp3) is 0.455. The summed E-state index contributed by atoms with van der Waals surface area (Å²) < 4.78 is 5.75. The number of amides is 3. The number of likely N-dealkylation sites (tertiary alicyclic amines) is 2. The third-order valence-corrected chi connectivity index (χ3v) is 5.61. The molecule has 0 aliphatic carbocycles. The van der Waals surface area contributed by atoms with E-state index in [1.54, 1.807) is 11.0 Å². The Morgan fingerprint density at radius 1 is 0.966 bits per heavy atom. The van der Waals surface area contributed by atoms with Crippen LogP contribution < -0.4 is 10.6 Å². The fourth-order valence-electron chi connectivity index (χ4n) is 3.95. The molecule has 3 heterocycles. The number of para-hydroxylation sites is 1. The van der Waals surface area contributed by atoms with Crippen LogP contribution in [0, 0.1) is 0 Å². The first-order valence-corrected chi connectivity index (χ1v) is 10.4. The Balaban J connectivity index is 1.22. The summed E-state index contributed by atoms with van der Waals surface area (Å²) in [4.78, 5) is 29.0. The third kappa shape index (κ3) is 5.17. The summed E-state index contributed by atoms with van der Waals surface area (Å²) in [5, 5.41) is 5.95. The number of hydrogen-bond donors (Lipinski definition) is 2. The number of nitrogens with zero attached hydrogens (tertiary/aromatic N) is 2. The maximum atomic E-state index is 12.5. The van der Waals surface area contributed by atoms with Crippen molar-refractivity contribution in [3.63, 3.8) is 0 Å². The number of rotatable bonds is 5. The number of carbonyl (C=O) groups excluding carboxylic acids is 2. The molecule has 0 bridgehead atoms. The minimum atomic E-state index is -0.176. The highest BCUT2D eigenvalue weighted by Crippen LogP contribution is 2.17. The number of carbonyl (C=O) groups is 2. The molecule has 2 N–H and O–H groups in total. The number of anilines is 1. The van der Waals surface area contributed by atoms with Gasteiger partial charge in [0.1, 0.15) is 5.76 Å². The molecule has 0 spiro atoms.